The number of halogens is 1. The Labute approximate surface area is 202 Å². The number of carbonyl (C=O) groups is 3. The molecule has 180 valence electrons. The molecule has 0 radical (unpaired) electrons. The number of fused-ring (bicyclic) bond motifs is 3. The highest BCUT2D eigenvalue weighted by Crippen LogP contribution is 2.44. The van der Waals surface area contributed by atoms with Gasteiger partial charge in [0.05, 0.1) is 0 Å². The fourth-order valence-electron chi connectivity index (χ4n) is 4.50. The summed E-state index contributed by atoms with van der Waals surface area (Å²) in [5.74, 6) is -2.71. The number of nitrogens with one attached hydrogen (secondary N) is 1. The lowest BCUT2D eigenvalue weighted by Gasteiger charge is -2.24. The number of amides is 2. The van der Waals surface area contributed by atoms with E-state index in [9.17, 15) is 23.9 Å². The van der Waals surface area contributed by atoms with Crippen molar-refractivity contribution in [3.05, 3.63) is 89.2 Å². The minimum absolute atomic E-state index is 0.0299. The number of likely N-dealkylation sites (N-methyl/N-ethyl adjacent to an activating group) is 1. The molecule has 0 bridgehead atoms. The fraction of sp³-hybridized carbons (Fsp3) is 0.222. The molecule has 1 aliphatic carbocycles. The van der Waals surface area contributed by atoms with Crippen molar-refractivity contribution in [1.82, 2.24) is 4.90 Å². The third kappa shape index (κ3) is 4.87. The van der Waals surface area contributed by atoms with Crippen molar-refractivity contribution >= 4 is 23.7 Å². The number of carboxylic acid groups (broad SMARTS) is 1. The Kier molecular flexibility index (Phi) is 6.82. The monoisotopic (exact) mass is 476 g/mol. The number of benzene rings is 3. The van der Waals surface area contributed by atoms with E-state index in [2.05, 4.69) is 5.32 Å². The van der Waals surface area contributed by atoms with Crippen molar-refractivity contribution in [2.45, 2.75) is 25.3 Å². The number of carbonyl (C=O) groups excluding carboxylic acids is 2. The molecule has 3 aromatic rings. The van der Waals surface area contributed by atoms with E-state index >= 15 is 0 Å². The second-order valence-corrected chi connectivity index (χ2v) is 8.36. The lowest BCUT2D eigenvalue weighted by molar-refractivity contribution is -0.142. The number of aliphatic carboxylic acids is 1. The van der Waals surface area contributed by atoms with E-state index in [0.717, 1.165) is 39.3 Å². The van der Waals surface area contributed by atoms with Crippen LogP contribution in [0.4, 0.5) is 14.9 Å². The van der Waals surface area contributed by atoms with Crippen molar-refractivity contribution in [2.75, 3.05) is 19.0 Å². The predicted octanol–water partition coefficient (Wildman–Crippen LogP) is 5.12. The maximum atomic E-state index is 14.2. The molecule has 0 spiro atoms. The van der Waals surface area contributed by atoms with Crippen LogP contribution >= 0.6 is 0 Å². The minimum atomic E-state index is -1.16. The van der Waals surface area contributed by atoms with Crippen LogP contribution in [0.2, 0.25) is 0 Å². The normalized spacial score (nSPS) is 12.9. The second kappa shape index (κ2) is 9.97. The Morgan fingerprint density at radius 2 is 1.63 bits per heavy atom. The van der Waals surface area contributed by atoms with Crippen LogP contribution in [0.1, 0.15) is 40.7 Å². The highest BCUT2D eigenvalue weighted by atomic mass is 19.1. The molecule has 0 aromatic heterocycles. The van der Waals surface area contributed by atoms with Crippen molar-refractivity contribution in [2.24, 2.45) is 0 Å². The van der Waals surface area contributed by atoms with Crippen LogP contribution in [-0.4, -0.2) is 47.7 Å². The van der Waals surface area contributed by atoms with E-state index < -0.39 is 29.8 Å². The number of carboxylic acids is 1. The van der Waals surface area contributed by atoms with E-state index in [-0.39, 0.29) is 30.2 Å². The molecule has 8 heteroatoms. The largest absolute Gasteiger partial charge is 0.480 e. The molecule has 4 rings (SSSR count). The first kappa shape index (κ1) is 23.9. The van der Waals surface area contributed by atoms with Gasteiger partial charge in [0.25, 0.3) is 5.91 Å². The summed E-state index contributed by atoms with van der Waals surface area (Å²) < 4.78 is 19.7. The summed E-state index contributed by atoms with van der Waals surface area (Å²) in [7, 11) is 1.34. The molecule has 0 saturated heterocycles. The summed E-state index contributed by atoms with van der Waals surface area (Å²) in [6.07, 6.45) is -0.598. The number of rotatable bonds is 7. The summed E-state index contributed by atoms with van der Waals surface area (Å²) in [6, 6.07) is 18.2. The van der Waals surface area contributed by atoms with E-state index in [4.69, 9.17) is 4.74 Å². The highest BCUT2D eigenvalue weighted by molar-refractivity contribution is 5.98. The lowest BCUT2D eigenvalue weighted by atomic mass is 9.98. The topological polar surface area (TPSA) is 95.9 Å². The van der Waals surface area contributed by atoms with Crippen LogP contribution in [0.3, 0.4) is 0 Å². The van der Waals surface area contributed by atoms with Crippen molar-refractivity contribution in [3.8, 4) is 11.1 Å². The summed E-state index contributed by atoms with van der Waals surface area (Å²) in [4.78, 5) is 37.7. The number of nitrogens with zero attached hydrogens (tertiary/aromatic N) is 1. The van der Waals surface area contributed by atoms with Crippen LogP contribution in [0.15, 0.2) is 66.7 Å². The molecule has 0 saturated carbocycles. The molecule has 0 fully saturated rings. The molecular weight excluding hydrogens is 451 g/mol. The van der Waals surface area contributed by atoms with Gasteiger partial charge >= 0.3 is 12.1 Å². The number of anilines is 1. The van der Waals surface area contributed by atoms with Gasteiger partial charge in [-0.3, -0.25) is 10.1 Å². The molecular formula is C27H25FN2O5. The maximum Gasteiger partial charge on any atom is 0.411 e. The van der Waals surface area contributed by atoms with Gasteiger partial charge in [0.1, 0.15) is 18.5 Å². The smallest absolute Gasteiger partial charge is 0.411 e. The highest BCUT2D eigenvalue weighted by Gasteiger charge is 2.29. The number of ether oxygens (including phenoxy) is 1. The quantitative estimate of drug-likeness (QED) is 0.493. The van der Waals surface area contributed by atoms with Gasteiger partial charge in [-0.05, 0) is 46.9 Å². The Balaban J connectivity index is 1.46. The van der Waals surface area contributed by atoms with Crippen molar-refractivity contribution < 1.29 is 28.6 Å². The molecule has 0 aliphatic heterocycles. The molecule has 1 unspecified atom stereocenters. The van der Waals surface area contributed by atoms with Gasteiger partial charge in [-0.25, -0.2) is 14.0 Å². The SMILES string of the molecule is CCC(C(=O)O)N(C)C(=O)c1cc(F)cc(NC(=O)OCC2c3ccccc3-c3ccccc32)c1. The average Bonchev–Trinajstić information content (AvgIpc) is 3.15. The van der Waals surface area contributed by atoms with E-state index in [1.165, 1.54) is 13.1 Å². The Bertz CT molecular complexity index is 1250. The summed E-state index contributed by atoms with van der Waals surface area (Å²) in [5.41, 5.74) is 4.27. The minimum Gasteiger partial charge on any atom is -0.480 e. The van der Waals surface area contributed by atoms with Crippen molar-refractivity contribution in [1.29, 1.82) is 0 Å². The molecule has 0 heterocycles. The van der Waals surface area contributed by atoms with Crippen LogP contribution in [0.25, 0.3) is 11.1 Å². The summed E-state index contributed by atoms with van der Waals surface area (Å²) >= 11 is 0. The molecule has 3 aromatic carbocycles. The second-order valence-electron chi connectivity index (χ2n) is 8.36. The van der Waals surface area contributed by atoms with E-state index in [0.29, 0.717) is 0 Å². The van der Waals surface area contributed by atoms with E-state index in [1.54, 1.807) is 6.92 Å². The molecule has 2 N–H and O–H groups in total. The van der Waals surface area contributed by atoms with Gasteiger partial charge in [0.2, 0.25) is 0 Å². The van der Waals surface area contributed by atoms with E-state index in [1.807, 2.05) is 48.5 Å². The third-order valence-electron chi connectivity index (χ3n) is 6.19. The fourth-order valence-corrected chi connectivity index (χ4v) is 4.50. The average molecular weight is 477 g/mol. The Morgan fingerprint density at radius 1 is 1.03 bits per heavy atom. The molecule has 7 nitrogen and oxygen atoms in total. The first-order valence-electron chi connectivity index (χ1n) is 11.2. The van der Waals surface area contributed by atoms with Gasteiger partial charge in [-0.1, -0.05) is 55.5 Å². The molecule has 1 atom stereocenters. The van der Waals surface area contributed by atoms with Crippen molar-refractivity contribution in [3.63, 3.8) is 0 Å². The summed E-state index contributed by atoms with van der Waals surface area (Å²) in [5, 5.41) is 11.8. The molecule has 35 heavy (non-hydrogen) atoms. The van der Waals surface area contributed by atoms with Gasteiger partial charge in [0.15, 0.2) is 0 Å². The first-order valence-corrected chi connectivity index (χ1v) is 11.2. The zero-order valence-electron chi connectivity index (χ0n) is 19.3. The maximum absolute atomic E-state index is 14.2. The van der Waals surface area contributed by atoms with Crippen LogP contribution < -0.4 is 5.32 Å². The van der Waals surface area contributed by atoms with Gasteiger partial charge in [-0.2, -0.15) is 0 Å². The standard InChI is InChI=1S/C27H25FN2O5/c1-3-24(26(32)33)30(2)25(31)16-12-17(28)14-18(13-16)29-27(34)35-15-23-21-10-6-4-8-19(21)20-9-5-7-11-22(20)23/h4-14,23-24H,3,15H2,1-2H3,(H,29,34)(H,32,33). The van der Waals surface area contributed by atoms with Gasteiger partial charge in [-0.15, -0.1) is 0 Å². The van der Waals surface area contributed by atoms with Gasteiger partial charge < -0.3 is 14.7 Å². The Morgan fingerprint density at radius 3 is 2.20 bits per heavy atom. The first-order chi connectivity index (χ1) is 16.8. The van der Waals surface area contributed by atoms with Crippen LogP contribution in [-0.2, 0) is 9.53 Å². The van der Waals surface area contributed by atoms with Gasteiger partial charge in [0, 0.05) is 24.2 Å². The molecule has 2 amide bonds. The van der Waals surface area contributed by atoms with Crippen LogP contribution in [0.5, 0.6) is 0 Å². The summed E-state index contributed by atoms with van der Waals surface area (Å²) in [6.45, 7) is 1.72. The zero-order valence-corrected chi connectivity index (χ0v) is 19.3. The lowest BCUT2D eigenvalue weighted by Crippen LogP contribution is -2.42. The third-order valence-corrected chi connectivity index (χ3v) is 6.19. The molecule has 1 aliphatic rings. The van der Waals surface area contributed by atoms with Crippen LogP contribution in [0, 0.1) is 5.82 Å². The zero-order chi connectivity index (χ0) is 25.1. The number of hydrogen-bond acceptors (Lipinski definition) is 4. The Hall–Kier alpha value is -4.20. The number of hydrogen-bond donors (Lipinski definition) is 2. The predicted molar refractivity (Wildman–Crippen MR) is 129 cm³/mol.